The fourth-order valence-electron chi connectivity index (χ4n) is 4.91. The normalized spacial score (nSPS) is 14.4. The van der Waals surface area contributed by atoms with Gasteiger partial charge < -0.3 is 14.6 Å². The Labute approximate surface area is 227 Å². The molecule has 1 fully saturated rings. The van der Waals surface area contributed by atoms with E-state index in [0.717, 1.165) is 25.7 Å². The average Bonchev–Trinajstić information content (AvgIpc) is 3.56. The summed E-state index contributed by atoms with van der Waals surface area (Å²) >= 11 is 0.610. The van der Waals surface area contributed by atoms with E-state index < -0.39 is 29.5 Å². The molecule has 0 radical (unpaired) electrons. The number of methoxy groups -OCH3 is 1. The van der Waals surface area contributed by atoms with Crippen molar-refractivity contribution in [1.29, 1.82) is 0 Å². The first-order valence-corrected chi connectivity index (χ1v) is 13.2. The van der Waals surface area contributed by atoms with Crippen molar-refractivity contribution in [2.24, 2.45) is 11.8 Å². The number of aliphatic carboxylic acids is 1. The number of amides is 1. The molecular weight excluding hydrogens is 535 g/mol. The number of nitrogens with zero attached hydrogens (tertiary/aromatic N) is 3. The zero-order valence-electron chi connectivity index (χ0n) is 21.4. The summed E-state index contributed by atoms with van der Waals surface area (Å²) in [6.07, 6.45) is 5.60. The summed E-state index contributed by atoms with van der Waals surface area (Å²) in [5.41, 5.74) is 0.993. The van der Waals surface area contributed by atoms with Gasteiger partial charge in [-0.05, 0) is 42.2 Å². The number of ether oxygens (including phenoxy) is 2. The monoisotopic (exact) mass is 563 g/mol. The Morgan fingerprint density at radius 2 is 1.92 bits per heavy atom. The largest absolute Gasteiger partial charge is 0.481 e. The van der Waals surface area contributed by atoms with Crippen LogP contribution in [0, 0.1) is 17.0 Å². The Kier molecular flexibility index (Phi) is 9.05. The molecule has 1 N–H and O–H groups in total. The number of pyridine rings is 1. The minimum absolute atomic E-state index is 0.0216. The van der Waals surface area contributed by atoms with E-state index in [1.807, 2.05) is 0 Å². The van der Waals surface area contributed by atoms with Gasteiger partial charge in [0.1, 0.15) is 11.4 Å². The maximum absolute atomic E-state index is 15.4. The molecule has 1 aliphatic carbocycles. The van der Waals surface area contributed by atoms with Crippen molar-refractivity contribution in [3.63, 3.8) is 0 Å². The van der Waals surface area contributed by atoms with Crippen LogP contribution in [-0.2, 0) is 9.59 Å². The van der Waals surface area contributed by atoms with Crippen molar-refractivity contribution in [3.8, 4) is 34.0 Å². The number of carbonyl (C=O) groups is 2. The number of thiazole rings is 1. The third-order valence-electron chi connectivity index (χ3n) is 6.78. The van der Waals surface area contributed by atoms with Gasteiger partial charge in [-0.2, -0.15) is 13.2 Å². The van der Waals surface area contributed by atoms with Crippen LogP contribution in [-0.4, -0.2) is 47.7 Å². The molecule has 2 aromatic heterocycles. The number of anilines is 1. The molecular formula is C27H28F3N3O5S. The lowest BCUT2D eigenvalue weighted by Crippen LogP contribution is -2.35. The predicted octanol–water partition coefficient (Wildman–Crippen LogP) is 6.26. The number of alkyl halides is 2. The third-order valence-corrected chi connectivity index (χ3v) is 7.70. The van der Waals surface area contributed by atoms with Gasteiger partial charge in [0.25, 0.3) is 0 Å². The number of aromatic nitrogens is 2. The summed E-state index contributed by atoms with van der Waals surface area (Å²) in [7, 11) is 2.89. The van der Waals surface area contributed by atoms with Crippen molar-refractivity contribution in [3.05, 3.63) is 41.7 Å². The van der Waals surface area contributed by atoms with E-state index in [9.17, 15) is 23.5 Å². The Balaban J connectivity index is 1.69. The number of benzene rings is 1. The molecule has 4 rings (SSSR count). The molecule has 0 aliphatic heterocycles. The van der Waals surface area contributed by atoms with Crippen LogP contribution in [0.15, 0.2) is 36.5 Å². The smallest absolute Gasteiger partial charge is 0.387 e. The Morgan fingerprint density at radius 3 is 2.54 bits per heavy atom. The van der Waals surface area contributed by atoms with Crippen LogP contribution in [0.4, 0.5) is 18.3 Å². The highest BCUT2D eigenvalue weighted by Crippen LogP contribution is 2.40. The van der Waals surface area contributed by atoms with Gasteiger partial charge in [0, 0.05) is 36.4 Å². The maximum Gasteiger partial charge on any atom is 0.387 e. The lowest BCUT2D eigenvalue weighted by atomic mass is 9.90. The SMILES string of the molecule is COc1ccc(-c2ccc(OC(F)F)cc2-c2nc(N(C)C(=O)C(CC(=O)O)CC3CCCC3)sc2F)cn1. The molecule has 0 saturated heterocycles. The van der Waals surface area contributed by atoms with E-state index in [2.05, 4.69) is 14.7 Å². The topological polar surface area (TPSA) is 102 Å². The second-order valence-electron chi connectivity index (χ2n) is 9.37. The summed E-state index contributed by atoms with van der Waals surface area (Å²) in [4.78, 5) is 34.5. The summed E-state index contributed by atoms with van der Waals surface area (Å²) < 4.78 is 50.8. The Hall–Kier alpha value is -3.67. The summed E-state index contributed by atoms with van der Waals surface area (Å²) in [5, 5.41) is 8.67. The molecule has 3 aromatic rings. The predicted molar refractivity (Wildman–Crippen MR) is 140 cm³/mol. The summed E-state index contributed by atoms with van der Waals surface area (Å²) in [6.45, 7) is -3.09. The van der Waals surface area contributed by atoms with E-state index >= 15 is 4.39 Å². The number of carbonyl (C=O) groups excluding carboxylic acids is 1. The van der Waals surface area contributed by atoms with E-state index in [0.29, 0.717) is 34.8 Å². The molecule has 39 heavy (non-hydrogen) atoms. The van der Waals surface area contributed by atoms with Gasteiger partial charge in [0.2, 0.25) is 16.9 Å². The number of rotatable bonds is 11. The van der Waals surface area contributed by atoms with Crippen molar-refractivity contribution in [1.82, 2.24) is 9.97 Å². The fourth-order valence-corrected chi connectivity index (χ4v) is 5.68. The van der Waals surface area contributed by atoms with Gasteiger partial charge in [-0.1, -0.05) is 37.0 Å². The zero-order chi connectivity index (χ0) is 28.1. The van der Waals surface area contributed by atoms with Crippen molar-refractivity contribution < 1.29 is 37.3 Å². The average molecular weight is 564 g/mol. The van der Waals surface area contributed by atoms with Gasteiger partial charge in [0.05, 0.1) is 13.5 Å². The first kappa shape index (κ1) is 28.3. The molecule has 1 atom stereocenters. The molecule has 2 heterocycles. The van der Waals surface area contributed by atoms with Gasteiger partial charge in [0.15, 0.2) is 5.13 Å². The number of carboxylic acid groups (broad SMARTS) is 1. The van der Waals surface area contributed by atoms with Crippen molar-refractivity contribution in [2.75, 3.05) is 19.1 Å². The second kappa shape index (κ2) is 12.5. The first-order chi connectivity index (χ1) is 18.7. The van der Waals surface area contributed by atoms with Crippen LogP contribution >= 0.6 is 11.3 Å². The lowest BCUT2D eigenvalue weighted by Gasteiger charge is -2.23. The Bertz CT molecular complexity index is 1310. The van der Waals surface area contributed by atoms with Crippen LogP contribution < -0.4 is 14.4 Å². The van der Waals surface area contributed by atoms with E-state index in [4.69, 9.17) is 4.74 Å². The van der Waals surface area contributed by atoms with Crippen LogP contribution in [0.2, 0.25) is 0 Å². The minimum atomic E-state index is -3.09. The van der Waals surface area contributed by atoms with Crippen molar-refractivity contribution in [2.45, 2.75) is 45.1 Å². The highest BCUT2D eigenvalue weighted by molar-refractivity contribution is 7.14. The molecule has 0 bridgehead atoms. The molecule has 1 saturated carbocycles. The molecule has 1 aromatic carbocycles. The molecule has 208 valence electrons. The minimum Gasteiger partial charge on any atom is -0.481 e. The standard InChI is InChI=1S/C27H28F3N3O5S/c1-33(25(36)17(12-22(34)35)11-15-5-3-4-6-15)27-32-23(24(28)39-27)20-13-18(38-26(29)30)8-9-19(20)16-7-10-21(37-2)31-14-16/h7-10,13-15,17,26H,3-6,11-12H2,1-2H3,(H,34,35). The number of halogens is 3. The van der Waals surface area contributed by atoms with Gasteiger partial charge >= 0.3 is 12.6 Å². The molecule has 8 nitrogen and oxygen atoms in total. The number of carboxylic acids is 1. The zero-order valence-corrected chi connectivity index (χ0v) is 22.2. The fraction of sp³-hybridized carbons (Fsp3) is 0.407. The van der Waals surface area contributed by atoms with Crippen LogP contribution in [0.3, 0.4) is 0 Å². The Morgan fingerprint density at radius 1 is 1.18 bits per heavy atom. The highest BCUT2D eigenvalue weighted by atomic mass is 32.1. The van der Waals surface area contributed by atoms with Gasteiger partial charge in [-0.15, -0.1) is 0 Å². The second-order valence-corrected chi connectivity index (χ2v) is 10.3. The van der Waals surface area contributed by atoms with E-state index in [-0.39, 0.29) is 34.5 Å². The molecule has 1 amide bonds. The third kappa shape index (κ3) is 6.86. The van der Waals surface area contributed by atoms with Crippen LogP contribution in [0.25, 0.3) is 22.4 Å². The summed E-state index contributed by atoms with van der Waals surface area (Å²) in [5.74, 6) is -1.88. The van der Waals surface area contributed by atoms with Crippen LogP contribution in [0.1, 0.15) is 38.5 Å². The summed E-state index contributed by atoms with van der Waals surface area (Å²) in [6, 6.07) is 7.36. The van der Waals surface area contributed by atoms with Gasteiger partial charge in [-0.3, -0.25) is 14.5 Å². The molecule has 1 aliphatic rings. The highest BCUT2D eigenvalue weighted by Gasteiger charge is 2.31. The quantitative estimate of drug-likeness (QED) is 0.294. The molecule has 1 unspecified atom stereocenters. The molecule has 12 heteroatoms. The molecule has 0 spiro atoms. The first-order valence-electron chi connectivity index (χ1n) is 12.4. The van der Waals surface area contributed by atoms with Crippen LogP contribution in [0.5, 0.6) is 11.6 Å². The maximum atomic E-state index is 15.4. The lowest BCUT2D eigenvalue weighted by molar-refractivity contribution is -0.140. The van der Waals surface area contributed by atoms with E-state index in [1.165, 1.54) is 43.5 Å². The van der Waals surface area contributed by atoms with E-state index in [1.54, 1.807) is 12.1 Å². The van der Waals surface area contributed by atoms with Gasteiger partial charge in [-0.25, -0.2) is 9.97 Å². The van der Waals surface area contributed by atoms with Crippen molar-refractivity contribution >= 4 is 28.3 Å². The number of hydrogen-bond donors (Lipinski definition) is 1. The number of hydrogen-bond acceptors (Lipinski definition) is 7.